The highest BCUT2D eigenvalue weighted by atomic mass is 16.4. The first kappa shape index (κ1) is 44.0. The molecule has 312 valence electrons. The number of carboxylic acids is 6. The van der Waals surface area contributed by atoms with E-state index in [0.29, 0.717) is 31.9 Å². The molecule has 8 N–H and O–H groups in total. The van der Waals surface area contributed by atoms with E-state index in [1.165, 1.54) is 0 Å². The molecule has 0 amide bonds. The maximum atomic E-state index is 12.1. The summed E-state index contributed by atoms with van der Waals surface area (Å²) in [7, 11) is 0. The number of nitrogens with zero attached hydrogens (tertiary/aromatic N) is 9. The van der Waals surface area contributed by atoms with Crippen molar-refractivity contribution in [3.63, 3.8) is 0 Å². The van der Waals surface area contributed by atoms with Gasteiger partial charge in [0.05, 0.1) is 26.2 Å². The number of anilines is 4. The number of aromatic nitrogens is 3. The fourth-order valence-electron chi connectivity index (χ4n) is 6.56. The van der Waals surface area contributed by atoms with Crippen molar-refractivity contribution in [3.05, 3.63) is 29.8 Å². The fraction of sp³-hybridized carbons (Fsp3) is 0.559. The summed E-state index contributed by atoms with van der Waals surface area (Å²) in [6.07, 6.45) is 0.254. The van der Waals surface area contributed by atoms with Gasteiger partial charge in [0.2, 0.25) is 17.8 Å². The summed E-state index contributed by atoms with van der Waals surface area (Å²) >= 11 is 0. The van der Waals surface area contributed by atoms with Gasteiger partial charge in [-0.3, -0.25) is 48.4 Å². The normalized spacial score (nSPS) is 18.2. The zero-order valence-corrected chi connectivity index (χ0v) is 31.3. The number of carboxylic acid groups (broad SMARTS) is 6. The molecule has 4 rings (SSSR count). The van der Waals surface area contributed by atoms with Gasteiger partial charge in [-0.15, -0.1) is 0 Å². The monoisotopic (exact) mass is 803 g/mol. The molecule has 2 aromatic rings. The second kappa shape index (κ2) is 21.5. The lowest BCUT2D eigenvalue weighted by Gasteiger charge is -2.37. The van der Waals surface area contributed by atoms with Crippen LogP contribution < -0.4 is 20.4 Å². The highest BCUT2D eigenvalue weighted by Crippen LogP contribution is 2.22. The Morgan fingerprint density at radius 3 is 1.67 bits per heavy atom. The molecule has 1 unspecified atom stereocenters. The van der Waals surface area contributed by atoms with E-state index in [9.17, 15) is 59.4 Å². The van der Waals surface area contributed by atoms with Crippen LogP contribution in [0.15, 0.2) is 24.3 Å². The molecule has 0 spiro atoms. The van der Waals surface area contributed by atoms with Gasteiger partial charge >= 0.3 is 35.8 Å². The number of benzene rings is 1. The van der Waals surface area contributed by atoms with Crippen LogP contribution in [-0.2, 0) is 35.2 Å². The molecule has 23 nitrogen and oxygen atoms in total. The molecule has 1 atom stereocenters. The molecule has 0 saturated carbocycles. The highest BCUT2D eigenvalue weighted by molar-refractivity contribution is 5.78. The summed E-state index contributed by atoms with van der Waals surface area (Å²) < 4.78 is 0. The molecular weight excluding hydrogens is 754 g/mol. The third-order valence-electron chi connectivity index (χ3n) is 9.20. The van der Waals surface area contributed by atoms with E-state index < -0.39 is 61.5 Å². The number of rotatable bonds is 18. The minimum absolute atomic E-state index is 0.0289. The standard InChI is InChI=1S/C34H49N11O12/c46-26(47)17-40-9-10-41(18-27(48)49)13-14-44(20-29(52)53)25(16-42(12-11-40)19-28(50)51)15-23-1-3-24(4-2-23)36-32-37-33(43-7-5-35-6-8-43)39-34(38-32)45(21-30(54)55)22-31(56)57/h1-4,25,35H,5-22H2,(H,46,47)(H,48,49)(H,50,51)(H,52,53)(H,54,55)(H,56,57)(H,36,37,38,39). The van der Waals surface area contributed by atoms with Crippen molar-refractivity contribution in [3.8, 4) is 0 Å². The van der Waals surface area contributed by atoms with Crippen molar-refractivity contribution >= 4 is 59.3 Å². The Kier molecular flexibility index (Phi) is 16.6. The SMILES string of the molecule is O=C(O)CN1CCN(CC(=O)O)CCN(CC(=O)O)C(Cc2ccc(Nc3nc(N4CCNCC4)nc(N(CC(=O)O)CC(=O)O)n3)cc2)CN(CC(=O)O)CC1. The quantitative estimate of drug-likeness (QED) is 0.0771. The molecule has 0 radical (unpaired) electrons. The van der Waals surface area contributed by atoms with Gasteiger partial charge in [0, 0.05) is 83.7 Å². The maximum absolute atomic E-state index is 12.1. The second-order valence-corrected chi connectivity index (χ2v) is 13.7. The smallest absolute Gasteiger partial charge is 0.323 e. The third-order valence-corrected chi connectivity index (χ3v) is 9.20. The zero-order valence-electron chi connectivity index (χ0n) is 31.3. The van der Waals surface area contributed by atoms with Gasteiger partial charge in [-0.05, 0) is 24.1 Å². The molecule has 2 fully saturated rings. The Balaban J connectivity index is 1.63. The molecule has 23 heteroatoms. The van der Waals surface area contributed by atoms with Crippen LogP contribution in [0.3, 0.4) is 0 Å². The average molecular weight is 804 g/mol. The van der Waals surface area contributed by atoms with E-state index in [1.54, 1.807) is 43.9 Å². The summed E-state index contributed by atoms with van der Waals surface area (Å²) in [6, 6.07) is 6.38. The number of piperazine rings is 1. The van der Waals surface area contributed by atoms with Crippen LogP contribution in [0, 0.1) is 0 Å². The van der Waals surface area contributed by atoms with Gasteiger partial charge in [0.1, 0.15) is 13.1 Å². The van der Waals surface area contributed by atoms with Gasteiger partial charge in [0.25, 0.3) is 0 Å². The lowest BCUT2D eigenvalue weighted by molar-refractivity contribution is -0.142. The average Bonchev–Trinajstić information content (AvgIpc) is 3.13. The van der Waals surface area contributed by atoms with Crippen LogP contribution in [0.4, 0.5) is 23.5 Å². The fourth-order valence-corrected chi connectivity index (χ4v) is 6.56. The van der Waals surface area contributed by atoms with Crippen LogP contribution in [0.5, 0.6) is 0 Å². The van der Waals surface area contributed by atoms with E-state index in [4.69, 9.17) is 0 Å². The highest BCUT2D eigenvalue weighted by Gasteiger charge is 2.28. The zero-order chi connectivity index (χ0) is 41.5. The van der Waals surface area contributed by atoms with Gasteiger partial charge in [-0.25, -0.2) is 0 Å². The van der Waals surface area contributed by atoms with Gasteiger partial charge in [0.15, 0.2) is 0 Å². The van der Waals surface area contributed by atoms with Crippen LogP contribution in [0.25, 0.3) is 0 Å². The Bertz CT molecular complexity index is 1700. The predicted octanol–water partition coefficient (Wildman–Crippen LogP) is -2.53. The van der Waals surface area contributed by atoms with E-state index in [-0.39, 0.29) is 89.7 Å². The lowest BCUT2D eigenvalue weighted by atomic mass is 10.0. The van der Waals surface area contributed by atoms with E-state index in [2.05, 4.69) is 25.6 Å². The number of hydrogen-bond acceptors (Lipinski definition) is 17. The van der Waals surface area contributed by atoms with Crippen molar-refractivity contribution in [2.24, 2.45) is 0 Å². The van der Waals surface area contributed by atoms with Crippen molar-refractivity contribution < 1.29 is 59.4 Å². The molecule has 2 aliphatic heterocycles. The van der Waals surface area contributed by atoms with Crippen LogP contribution in [0.2, 0.25) is 0 Å². The lowest BCUT2D eigenvalue weighted by Crippen LogP contribution is -2.53. The predicted molar refractivity (Wildman–Crippen MR) is 201 cm³/mol. The van der Waals surface area contributed by atoms with Crippen LogP contribution >= 0.6 is 0 Å². The third kappa shape index (κ3) is 15.4. The summed E-state index contributed by atoms with van der Waals surface area (Å²) in [5, 5.41) is 63.9. The summed E-state index contributed by atoms with van der Waals surface area (Å²) in [4.78, 5) is 93.2. The Hall–Kier alpha value is -5.75. The minimum Gasteiger partial charge on any atom is -0.480 e. The molecule has 2 aliphatic rings. The molecule has 0 aliphatic carbocycles. The first-order chi connectivity index (χ1) is 27.1. The summed E-state index contributed by atoms with van der Waals surface area (Å²) in [6.45, 7) is 0.647. The molecule has 1 aromatic heterocycles. The number of nitrogens with one attached hydrogen (secondary N) is 2. The van der Waals surface area contributed by atoms with Crippen LogP contribution in [-0.4, -0.2) is 218 Å². The van der Waals surface area contributed by atoms with Crippen molar-refractivity contribution in [2.45, 2.75) is 12.5 Å². The van der Waals surface area contributed by atoms with Crippen molar-refractivity contribution in [2.75, 3.05) is 126 Å². The largest absolute Gasteiger partial charge is 0.480 e. The first-order valence-corrected chi connectivity index (χ1v) is 18.2. The Morgan fingerprint density at radius 2 is 1.14 bits per heavy atom. The first-order valence-electron chi connectivity index (χ1n) is 18.2. The van der Waals surface area contributed by atoms with Crippen molar-refractivity contribution in [1.82, 2.24) is 39.9 Å². The van der Waals surface area contributed by atoms with Crippen molar-refractivity contribution in [1.29, 1.82) is 0 Å². The maximum Gasteiger partial charge on any atom is 0.323 e. The van der Waals surface area contributed by atoms with E-state index in [1.807, 2.05) is 4.90 Å². The van der Waals surface area contributed by atoms with Gasteiger partial charge in [-0.1, -0.05) is 12.1 Å². The molecule has 3 heterocycles. The number of carbonyl (C=O) groups is 6. The molecule has 0 bridgehead atoms. The molecular formula is C34H49N11O12. The van der Waals surface area contributed by atoms with Crippen LogP contribution in [0.1, 0.15) is 5.56 Å². The number of aliphatic carboxylic acids is 6. The second-order valence-electron chi connectivity index (χ2n) is 13.7. The topological polar surface area (TPSA) is 306 Å². The molecule has 57 heavy (non-hydrogen) atoms. The minimum atomic E-state index is -1.28. The van der Waals surface area contributed by atoms with E-state index >= 15 is 0 Å². The summed E-state index contributed by atoms with van der Waals surface area (Å²) in [5.74, 6) is -6.89. The Morgan fingerprint density at radius 1 is 0.632 bits per heavy atom. The van der Waals surface area contributed by atoms with Gasteiger partial charge in [-0.2, -0.15) is 15.0 Å². The van der Waals surface area contributed by atoms with Gasteiger partial charge < -0.3 is 51.1 Å². The van der Waals surface area contributed by atoms with E-state index in [0.717, 1.165) is 10.5 Å². The summed E-state index contributed by atoms with van der Waals surface area (Å²) in [5.41, 5.74) is 1.24. The Labute approximate surface area is 327 Å². The molecule has 1 aromatic carbocycles. The molecule has 2 saturated heterocycles. The number of hydrogen-bond donors (Lipinski definition) is 8.